The van der Waals surface area contributed by atoms with Gasteiger partial charge in [0.05, 0.1) is 5.56 Å². The average molecular weight is 392 g/mol. The van der Waals surface area contributed by atoms with Gasteiger partial charge in [0.15, 0.2) is 0 Å². The second-order valence-electron chi connectivity index (χ2n) is 7.59. The van der Waals surface area contributed by atoms with Crippen molar-refractivity contribution in [3.8, 4) is 0 Å². The van der Waals surface area contributed by atoms with E-state index in [0.717, 1.165) is 37.4 Å². The molecule has 1 saturated heterocycles. The predicted molar refractivity (Wildman–Crippen MR) is 104 cm³/mol. The second-order valence-corrected chi connectivity index (χ2v) is 8.80. The Bertz CT molecular complexity index is 837. The maximum Gasteiger partial charge on any atom is 0.265 e. The SMILES string of the molecule is CC1(C)CC2CCCn3ccc(n3)SNC(=O)c3ccc(Cl)nc3N1C2. The van der Waals surface area contributed by atoms with Gasteiger partial charge in [-0.2, -0.15) is 5.10 Å². The van der Waals surface area contributed by atoms with E-state index in [0.29, 0.717) is 22.5 Å². The lowest BCUT2D eigenvalue weighted by Gasteiger charge is -2.33. The van der Waals surface area contributed by atoms with E-state index in [-0.39, 0.29) is 11.4 Å². The first kappa shape index (κ1) is 17.7. The van der Waals surface area contributed by atoms with Crippen molar-refractivity contribution < 1.29 is 4.79 Å². The van der Waals surface area contributed by atoms with E-state index in [2.05, 4.69) is 33.6 Å². The maximum atomic E-state index is 12.8. The van der Waals surface area contributed by atoms with Gasteiger partial charge in [-0.25, -0.2) is 4.98 Å². The monoisotopic (exact) mass is 391 g/mol. The average Bonchev–Trinajstić information content (AvgIpc) is 3.15. The Kier molecular flexibility index (Phi) is 4.61. The molecular weight excluding hydrogens is 370 g/mol. The molecule has 2 aromatic heterocycles. The molecule has 8 heteroatoms. The highest BCUT2D eigenvalue weighted by atomic mass is 35.5. The van der Waals surface area contributed by atoms with Gasteiger partial charge in [0.2, 0.25) is 0 Å². The summed E-state index contributed by atoms with van der Waals surface area (Å²) in [6.07, 6.45) is 5.25. The van der Waals surface area contributed by atoms with Crippen LogP contribution in [0.4, 0.5) is 5.82 Å². The summed E-state index contributed by atoms with van der Waals surface area (Å²) in [7, 11) is 0. The Morgan fingerprint density at radius 3 is 3.04 bits per heavy atom. The zero-order valence-electron chi connectivity index (χ0n) is 14.9. The molecular formula is C18H22ClN5OS. The molecule has 1 unspecified atom stereocenters. The van der Waals surface area contributed by atoms with Gasteiger partial charge in [0, 0.05) is 36.8 Å². The van der Waals surface area contributed by atoms with Crippen molar-refractivity contribution in [1.82, 2.24) is 19.5 Å². The van der Waals surface area contributed by atoms with Crippen LogP contribution in [0, 0.1) is 5.92 Å². The van der Waals surface area contributed by atoms with Gasteiger partial charge < -0.3 is 4.90 Å². The number of nitrogens with one attached hydrogen (secondary N) is 1. The van der Waals surface area contributed by atoms with E-state index in [1.807, 2.05) is 16.9 Å². The molecule has 4 heterocycles. The van der Waals surface area contributed by atoms with Crippen LogP contribution in [0.25, 0.3) is 0 Å². The molecule has 0 saturated carbocycles. The van der Waals surface area contributed by atoms with E-state index in [1.54, 1.807) is 12.1 Å². The number of aryl methyl sites for hydroxylation is 1. The molecule has 4 rings (SSSR count). The summed E-state index contributed by atoms with van der Waals surface area (Å²) >= 11 is 7.40. The highest BCUT2D eigenvalue weighted by molar-refractivity contribution is 7.97. The molecule has 1 fully saturated rings. The van der Waals surface area contributed by atoms with Gasteiger partial charge in [-0.05, 0) is 57.2 Å². The van der Waals surface area contributed by atoms with Gasteiger partial charge in [-0.15, -0.1) is 0 Å². The fourth-order valence-electron chi connectivity index (χ4n) is 3.98. The van der Waals surface area contributed by atoms with Gasteiger partial charge in [-0.1, -0.05) is 11.6 Å². The lowest BCUT2D eigenvalue weighted by Crippen LogP contribution is -2.40. The van der Waals surface area contributed by atoms with Crippen molar-refractivity contribution in [2.24, 2.45) is 5.92 Å². The Morgan fingerprint density at radius 1 is 1.35 bits per heavy atom. The summed E-state index contributed by atoms with van der Waals surface area (Å²) in [5.74, 6) is 1.06. The molecule has 2 aliphatic rings. The van der Waals surface area contributed by atoms with Crippen LogP contribution in [0.1, 0.15) is 43.5 Å². The van der Waals surface area contributed by atoms with Gasteiger partial charge in [0.25, 0.3) is 5.91 Å². The zero-order chi connectivity index (χ0) is 18.3. The summed E-state index contributed by atoms with van der Waals surface area (Å²) in [4.78, 5) is 19.6. The summed E-state index contributed by atoms with van der Waals surface area (Å²) in [6, 6.07) is 5.35. The quantitative estimate of drug-likeness (QED) is 0.547. The van der Waals surface area contributed by atoms with E-state index in [9.17, 15) is 4.79 Å². The number of rotatable bonds is 0. The number of hydrogen-bond donors (Lipinski definition) is 1. The molecule has 0 radical (unpaired) electrons. The summed E-state index contributed by atoms with van der Waals surface area (Å²) < 4.78 is 4.84. The minimum Gasteiger partial charge on any atom is -0.350 e. The largest absolute Gasteiger partial charge is 0.350 e. The van der Waals surface area contributed by atoms with Crippen molar-refractivity contribution in [3.05, 3.63) is 35.1 Å². The van der Waals surface area contributed by atoms with Crippen molar-refractivity contribution >= 4 is 35.3 Å². The standard InChI is InChI=1S/C18H22ClN5OS/c1-18(2)10-12-4-3-8-23-9-7-15(21-23)26-22-17(25)13-5-6-14(19)20-16(13)24(18)11-12/h5-7,9,12H,3-4,8,10-11H2,1-2H3,(H,22,25). The van der Waals surface area contributed by atoms with Gasteiger partial charge in [-0.3, -0.25) is 14.2 Å². The topological polar surface area (TPSA) is 63.1 Å². The van der Waals surface area contributed by atoms with E-state index >= 15 is 0 Å². The fourth-order valence-corrected chi connectivity index (χ4v) is 4.70. The molecule has 4 bridgehead atoms. The van der Waals surface area contributed by atoms with Crippen LogP contribution in [0.15, 0.2) is 29.4 Å². The third-order valence-electron chi connectivity index (χ3n) is 5.17. The van der Waals surface area contributed by atoms with Crippen LogP contribution in [0.3, 0.4) is 0 Å². The van der Waals surface area contributed by atoms with Gasteiger partial charge >= 0.3 is 0 Å². The first-order valence-corrected chi connectivity index (χ1v) is 10.1. The van der Waals surface area contributed by atoms with Crippen LogP contribution in [0.5, 0.6) is 0 Å². The number of carbonyl (C=O) groups excluding carboxylic acids is 1. The Balaban J connectivity index is 1.74. The summed E-state index contributed by atoms with van der Waals surface area (Å²) in [5.41, 5.74) is 0.482. The summed E-state index contributed by atoms with van der Waals surface area (Å²) in [5, 5.41) is 5.70. The number of amides is 1. The normalized spacial score (nSPS) is 22.5. The highest BCUT2D eigenvalue weighted by Gasteiger charge is 2.40. The number of fused-ring (bicyclic) bond motifs is 6. The fraction of sp³-hybridized carbons (Fsp3) is 0.500. The molecule has 1 N–H and O–H groups in total. The number of anilines is 1. The lowest BCUT2D eigenvalue weighted by molar-refractivity contribution is 0.0984. The minimum atomic E-state index is -0.181. The van der Waals surface area contributed by atoms with Crippen LogP contribution in [-0.4, -0.2) is 32.8 Å². The van der Waals surface area contributed by atoms with Crippen molar-refractivity contribution in [2.45, 2.75) is 50.2 Å². The number of aromatic nitrogens is 3. The predicted octanol–water partition coefficient (Wildman–Crippen LogP) is 3.77. The van der Waals surface area contributed by atoms with E-state index in [4.69, 9.17) is 11.6 Å². The smallest absolute Gasteiger partial charge is 0.265 e. The third-order valence-corrected chi connectivity index (χ3v) is 6.09. The molecule has 0 spiro atoms. The van der Waals surface area contributed by atoms with E-state index < -0.39 is 0 Å². The maximum absolute atomic E-state index is 12.8. The number of nitrogens with zero attached hydrogens (tertiary/aromatic N) is 4. The Morgan fingerprint density at radius 2 is 2.19 bits per heavy atom. The Labute approximate surface area is 162 Å². The molecule has 0 aliphatic carbocycles. The minimum absolute atomic E-state index is 0.0664. The second kappa shape index (κ2) is 6.78. The van der Waals surface area contributed by atoms with Crippen LogP contribution in [-0.2, 0) is 6.54 Å². The number of hydrogen-bond acceptors (Lipinski definition) is 5. The number of carbonyl (C=O) groups is 1. The van der Waals surface area contributed by atoms with Gasteiger partial charge in [0.1, 0.15) is 16.0 Å². The first-order valence-electron chi connectivity index (χ1n) is 8.87. The van der Waals surface area contributed by atoms with Crippen molar-refractivity contribution in [3.63, 3.8) is 0 Å². The van der Waals surface area contributed by atoms with E-state index in [1.165, 1.54) is 11.9 Å². The Hall–Kier alpha value is -1.73. The van der Waals surface area contributed by atoms with Crippen LogP contribution >= 0.6 is 23.5 Å². The highest BCUT2D eigenvalue weighted by Crippen LogP contribution is 2.39. The summed E-state index contributed by atoms with van der Waals surface area (Å²) in [6.45, 7) is 6.21. The van der Waals surface area contributed by atoms with Crippen molar-refractivity contribution in [1.29, 1.82) is 0 Å². The third kappa shape index (κ3) is 3.42. The first-order chi connectivity index (χ1) is 12.4. The molecule has 6 nitrogen and oxygen atoms in total. The molecule has 1 amide bonds. The molecule has 138 valence electrons. The molecule has 0 aromatic carbocycles. The zero-order valence-corrected chi connectivity index (χ0v) is 16.5. The van der Waals surface area contributed by atoms with Crippen LogP contribution in [0.2, 0.25) is 5.15 Å². The number of halogens is 1. The molecule has 1 atom stereocenters. The lowest BCUT2D eigenvalue weighted by atomic mass is 9.93. The molecule has 26 heavy (non-hydrogen) atoms. The van der Waals surface area contributed by atoms with Crippen molar-refractivity contribution in [2.75, 3.05) is 11.4 Å². The molecule has 2 aliphatic heterocycles. The molecule has 2 aromatic rings. The van der Waals surface area contributed by atoms with Crippen LogP contribution < -0.4 is 9.62 Å². The number of pyridine rings is 1.